The second kappa shape index (κ2) is 9.00. The van der Waals surface area contributed by atoms with E-state index in [4.69, 9.17) is 17.0 Å². The van der Waals surface area contributed by atoms with E-state index in [1.807, 2.05) is 0 Å². The molecule has 156 valence electrons. The number of nitrogens with one attached hydrogen (secondary N) is 2. The van der Waals surface area contributed by atoms with E-state index in [9.17, 15) is 8.42 Å². The van der Waals surface area contributed by atoms with E-state index in [1.165, 1.54) is 6.42 Å². The van der Waals surface area contributed by atoms with Crippen LogP contribution in [0, 0.1) is 0 Å². The van der Waals surface area contributed by atoms with Crippen molar-refractivity contribution in [3.63, 3.8) is 0 Å². The third-order valence-electron chi connectivity index (χ3n) is 5.19. The third-order valence-corrected chi connectivity index (χ3v) is 6.90. The molecule has 1 aliphatic heterocycles. The zero-order chi connectivity index (χ0) is 21.0. The maximum atomic E-state index is 12.6. The largest absolute Gasteiger partial charge is 0.497 e. The number of piperidine rings is 1. The molecule has 3 rings (SSSR count). The highest BCUT2D eigenvalue weighted by Gasteiger charge is 2.26. The molecule has 0 radical (unpaired) electrons. The molecule has 0 unspecified atom stereocenters. The molecule has 0 bridgehead atoms. The highest BCUT2D eigenvalue weighted by molar-refractivity contribution is 7.92. The average Bonchev–Trinajstić information content (AvgIpc) is 2.68. The number of likely N-dealkylation sites (tertiary alicyclic amines) is 1. The van der Waals surface area contributed by atoms with Crippen molar-refractivity contribution in [3.8, 4) is 5.75 Å². The van der Waals surface area contributed by atoms with Gasteiger partial charge in [-0.3, -0.25) is 4.72 Å². The second-order valence-electron chi connectivity index (χ2n) is 7.32. The minimum Gasteiger partial charge on any atom is -0.497 e. The smallest absolute Gasteiger partial charge is 0.261 e. The Bertz CT molecular complexity index is 934. The number of ether oxygens (including phenoxy) is 1. The summed E-state index contributed by atoms with van der Waals surface area (Å²) in [5.74, 6) is 0.664. The summed E-state index contributed by atoms with van der Waals surface area (Å²) in [4.78, 5) is 2.42. The Hall–Kier alpha value is -2.32. The van der Waals surface area contributed by atoms with Gasteiger partial charge in [0.25, 0.3) is 10.0 Å². The molecule has 1 aliphatic rings. The van der Waals surface area contributed by atoms with Gasteiger partial charge < -0.3 is 15.0 Å². The van der Waals surface area contributed by atoms with E-state index < -0.39 is 10.0 Å². The lowest BCUT2D eigenvalue weighted by molar-refractivity contribution is 0.194. The standard InChI is InChI=1S/C21H27N3O3S2/c1-15-5-4-6-16(2)24(15)21(28)22-17-9-13-20(14-10-17)29(25,26)23-18-7-11-19(27-3)12-8-18/h7-16,23H,4-6H2,1-3H3,(H,22,28)/t15-,16-/m0/s1. The summed E-state index contributed by atoms with van der Waals surface area (Å²) in [5, 5.41) is 3.92. The van der Waals surface area contributed by atoms with Crippen molar-refractivity contribution in [1.29, 1.82) is 0 Å². The number of nitrogens with zero attached hydrogens (tertiary/aromatic N) is 1. The maximum absolute atomic E-state index is 12.6. The van der Waals surface area contributed by atoms with Gasteiger partial charge >= 0.3 is 0 Å². The average molecular weight is 434 g/mol. The minimum atomic E-state index is -3.68. The van der Waals surface area contributed by atoms with E-state index in [0.29, 0.717) is 28.6 Å². The first kappa shape index (κ1) is 21.4. The molecule has 2 aromatic carbocycles. The van der Waals surface area contributed by atoms with Gasteiger partial charge in [-0.2, -0.15) is 0 Å². The van der Waals surface area contributed by atoms with Gasteiger partial charge in [0.1, 0.15) is 5.75 Å². The fourth-order valence-electron chi connectivity index (χ4n) is 3.60. The second-order valence-corrected chi connectivity index (χ2v) is 9.39. The molecule has 1 fully saturated rings. The Morgan fingerprint density at radius 3 is 2.10 bits per heavy atom. The molecule has 0 aromatic heterocycles. The molecule has 2 aromatic rings. The number of thiocarbonyl (C=S) groups is 1. The summed E-state index contributed by atoms with van der Waals surface area (Å²) in [6.45, 7) is 4.37. The molecule has 1 heterocycles. The van der Waals surface area contributed by atoms with E-state index >= 15 is 0 Å². The highest BCUT2D eigenvalue weighted by atomic mass is 32.2. The molecular weight excluding hydrogens is 406 g/mol. The maximum Gasteiger partial charge on any atom is 0.261 e. The number of anilines is 2. The molecule has 8 heteroatoms. The van der Waals surface area contributed by atoms with Crippen molar-refractivity contribution in [2.24, 2.45) is 0 Å². The van der Waals surface area contributed by atoms with E-state index in [-0.39, 0.29) is 4.90 Å². The van der Waals surface area contributed by atoms with Gasteiger partial charge in [-0.1, -0.05) is 0 Å². The quantitative estimate of drug-likeness (QED) is 0.679. The SMILES string of the molecule is COc1ccc(NS(=O)(=O)c2ccc(NC(=S)N3[C@@H](C)CCC[C@@H]3C)cc2)cc1. The normalized spacial score (nSPS) is 19.5. The minimum absolute atomic E-state index is 0.185. The van der Waals surface area contributed by atoms with Crippen LogP contribution >= 0.6 is 12.2 Å². The van der Waals surface area contributed by atoms with Crippen LogP contribution in [0.5, 0.6) is 5.75 Å². The Kier molecular flexibility index (Phi) is 6.64. The molecule has 0 spiro atoms. The zero-order valence-corrected chi connectivity index (χ0v) is 18.5. The number of sulfonamides is 1. The van der Waals surface area contributed by atoms with E-state index in [0.717, 1.165) is 18.5 Å². The van der Waals surface area contributed by atoms with Crippen molar-refractivity contribution in [2.45, 2.75) is 50.1 Å². The van der Waals surface area contributed by atoms with Crippen molar-refractivity contribution < 1.29 is 13.2 Å². The molecule has 0 amide bonds. The predicted molar refractivity (Wildman–Crippen MR) is 121 cm³/mol. The van der Waals surface area contributed by atoms with Crippen LogP contribution in [0.3, 0.4) is 0 Å². The van der Waals surface area contributed by atoms with Gasteiger partial charge in [0, 0.05) is 23.5 Å². The topological polar surface area (TPSA) is 70.7 Å². The Balaban J connectivity index is 1.67. The van der Waals surface area contributed by atoms with Gasteiger partial charge in [0.05, 0.1) is 12.0 Å². The summed E-state index contributed by atoms with van der Waals surface area (Å²) in [6.07, 6.45) is 3.47. The predicted octanol–water partition coefficient (Wildman–Crippen LogP) is 4.46. The first-order valence-electron chi connectivity index (χ1n) is 9.66. The summed E-state index contributed by atoms with van der Waals surface area (Å²) in [7, 11) is -2.12. The first-order chi connectivity index (χ1) is 13.8. The van der Waals surface area contributed by atoms with Crippen LogP contribution in [0.1, 0.15) is 33.1 Å². The van der Waals surface area contributed by atoms with Gasteiger partial charge in [-0.25, -0.2) is 8.42 Å². The van der Waals surface area contributed by atoms with Crippen LogP contribution in [0.15, 0.2) is 53.4 Å². The Morgan fingerprint density at radius 1 is 1.00 bits per heavy atom. The Labute approximate surface area is 178 Å². The zero-order valence-electron chi connectivity index (χ0n) is 16.9. The number of rotatable bonds is 5. The molecule has 2 N–H and O–H groups in total. The summed E-state index contributed by atoms with van der Waals surface area (Å²) < 4.78 is 32.9. The van der Waals surface area contributed by atoms with Crippen molar-refractivity contribution in [2.75, 3.05) is 17.1 Å². The Morgan fingerprint density at radius 2 is 1.55 bits per heavy atom. The molecule has 2 atom stereocenters. The van der Waals surface area contributed by atoms with Crippen molar-refractivity contribution in [3.05, 3.63) is 48.5 Å². The lowest BCUT2D eigenvalue weighted by Gasteiger charge is -2.40. The fraction of sp³-hybridized carbons (Fsp3) is 0.381. The third kappa shape index (κ3) is 5.19. The van der Waals surface area contributed by atoms with Crippen LogP contribution < -0.4 is 14.8 Å². The fourth-order valence-corrected chi connectivity index (χ4v) is 5.14. The van der Waals surface area contributed by atoms with Gasteiger partial charge in [0.2, 0.25) is 0 Å². The van der Waals surface area contributed by atoms with Crippen LogP contribution in [0.4, 0.5) is 11.4 Å². The molecule has 1 saturated heterocycles. The summed E-state index contributed by atoms with van der Waals surface area (Å²) in [5.41, 5.74) is 1.24. The van der Waals surface area contributed by atoms with Crippen molar-refractivity contribution >= 4 is 38.7 Å². The monoisotopic (exact) mass is 433 g/mol. The van der Waals surface area contributed by atoms with E-state index in [2.05, 4.69) is 28.8 Å². The van der Waals surface area contributed by atoms with Crippen LogP contribution in [0.2, 0.25) is 0 Å². The number of benzene rings is 2. The van der Waals surface area contributed by atoms with Crippen LogP contribution in [-0.2, 0) is 10.0 Å². The lowest BCUT2D eigenvalue weighted by atomic mass is 9.98. The highest BCUT2D eigenvalue weighted by Crippen LogP contribution is 2.25. The molecule has 0 saturated carbocycles. The van der Waals surface area contributed by atoms with Crippen LogP contribution in [-0.4, -0.2) is 37.6 Å². The molecular formula is C21H27N3O3S2. The van der Waals surface area contributed by atoms with Crippen molar-refractivity contribution in [1.82, 2.24) is 4.90 Å². The lowest BCUT2D eigenvalue weighted by Crippen LogP contribution is -2.49. The van der Waals surface area contributed by atoms with Crippen LogP contribution in [0.25, 0.3) is 0 Å². The number of hydrogen-bond donors (Lipinski definition) is 2. The molecule has 6 nitrogen and oxygen atoms in total. The van der Waals surface area contributed by atoms with E-state index in [1.54, 1.807) is 55.6 Å². The van der Waals surface area contributed by atoms with Gasteiger partial charge in [-0.15, -0.1) is 0 Å². The van der Waals surface area contributed by atoms with Gasteiger partial charge in [0.15, 0.2) is 5.11 Å². The van der Waals surface area contributed by atoms with Gasteiger partial charge in [-0.05, 0) is 93.9 Å². The summed E-state index contributed by atoms with van der Waals surface area (Å²) >= 11 is 5.60. The summed E-state index contributed by atoms with van der Waals surface area (Å²) in [6, 6.07) is 14.1. The molecule has 29 heavy (non-hydrogen) atoms. The number of methoxy groups -OCH3 is 1. The number of hydrogen-bond acceptors (Lipinski definition) is 4. The molecule has 0 aliphatic carbocycles. The first-order valence-corrected chi connectivity index (χ1v) is 11.6.